The number of fused-ring (bicyclic) bond motifs is 12. The molecule has 0 saturated carbocycles. The van der Waals surface area contributed by atoms with Gasteiger partial charge in [0.2, 0.25) is 0 Å². The largest absolute Gasteiger partial charge is 0.308 e. The van der Waals surface area contributed by atoms with Gasteiger partial charge in [-0.3, -0.25) is 9.55 Å². The average Bonchev–Trinajstić information content (AvgIpc) is 3.88. The molecule has 4 atom stereocenters. The minimum Gasteiger partial charge on any atom is -0.308 e. The predicted molar refractivity (Wildman–Crippen MR) is 231 cm³/mol. The molecule has 4 heterocycles. The molecule has 0 amide bonds. The molecule has 4 aromatic carbocycles. The Morgan fingerprint density at radius 1 is 0.500 bits per heavy atom. The van der Waals surface area contributed by atoms with E-state index in [0.717, 1.165) is 22.8 Å². The molecule has 0 radical (unpaired) electrons. The van der Waals surface area contributed by atoms with Crippen LogP contribution in [0.3, 0.4) is 0 Å². The molecule has 12 rings (SSSR count). The first-order valence-electron chi connectivity index (χ1n) is 20.1. The summed E-state index contributed by atoms with van der Waals surface area (Å²) in [5, 5.41) is 5.11. The zero-order valence-electron chi connectivity index (χ0n) is 32.1. The maximum absolute atomic E-state index is 5.14. The number of pyridine rings is 2. The van der Waals surface area contributed by atoms with E-state index in [1.165, 1.54) is 65.9 Å². The Balaban J connectivity index is 0.976. The van der Waals surface area contributed by atoms with Crippen molar-refractivity contribution in [1.29, 1.82) is 0 Å². The summed E-state index contributed by atoms with van der Waals surface area (Å²) in [6.07, 6.45) is 22.4. The fraction of sp³-hybridized carbons (Fsp3) is 0.192. The molecule has 0 bridgehead atoms. The van der Waals surface area contributed by atoms with Gasteiger partial charge >= 0.3 is 0 Å². The molecule has 0 aliphatic heterocycles. The first-order chi connectivity index (χ1) is 27.3. The van der Waals surface area contributed by atoms with E-state index in [0.29, 0.717) is 23.7 Å². The molecular weight excluding hydrogens is 681 g/mol. The molecule has 0 spiro atoms. The van der Waals surface area contributed by atoms with Gasteiger partial charge in [-0.1, -0.05) is 113 Å². The molecule has 4 aliphatic rings. The van der Waals surface area contributed by atoms with Crippen LogP contribution < -0.4 is 0 Å². The molecule has 4 aromatic heterocycles. The van der Waals surface area contributed by atoms with Crippen LogP contribution in [0.2, 0.25) is 0 Å². The first-order valence-corrected chi connectivity index (χ1v) is 20.1. The Morgan fingerprint density at radius 2 is 1.05 bits per heavy atom. The summed E-state index contributed by atoms with van der Waals surface area (Å²) in [5.74, 6) is 2.64. The van der Waals surface area contributed by atoms with Crippen molar-refractivity contribution >= 4 is 43.6 Å². The van der Waals surface area contributed by atoms with Crippen LogP contribution in [0, 0.1) is 11.8 Å². The van der Waals surface area contributed by atoms with Crippen molar-refractivity contribution in [3.8, 4) is 22.8 Å². The lowest BCUT2D eigenvalue weighted by Gasteiger charge is -2.29. The smallest absolute Gasteiger partial charge is 0.138 e. The highest BCUT2D eigenvalue weighted by Gasteiger charge is 2.46. The van der Waals surface area contributed by atoms with E-state index >= 15 is 0 Å². The number of aromatic nitrogens is 4. The number of nitrogens with zero attached hydrogens (tertiary/aromatic N) is 4. The Bertz CT molecular complexity index is 3110. The van der Waals surface area contributed by atoms with Gasteiger partial charge in [0, 0.05) is 45.1 Å². The molecular formula is C52H42N4. The van der Waals surface area contributed by atoms with E-state index in [1.807, 2.05) is 12.4 Å². The van der Waals surface area contributed by atoms with Gasteiger partial charge < -0.3 is 4.57 Å². The van der Waals surface area contributed by atoms with E-state index in [1.54, 1.807) is 0 Å². The second kappa shape index (κ2) is 11.2. The van der Waals surface area contributed by atoms with E-state index in [9.17, 15) is 0 Å². The monoisotopic (exact) mass is 722 g/mol. The van der Waals surface area contributed by atoms with Crippen molar-refractivity contribution in [3.05, 3.63) is 180 Å². The highest BCUT2D eigenvalue weighted by atomic mass is 15.1. The number of allylic oxidation sites excluding steroid dienone is 8. The topological polar surface area (TPSA) is 35.6 Å². The van der Waals surface area contributed by atoms with E-state index in [2.05, 4.69) is 182 Å². The predicted octanol–water partition coefficient (Wildman–Crippen LogP) is 12.6. The Hall–Kier alpha value is -6.26. The van der Waals surface area contributed by atoms with Crippen LogP contribution in [0.4, 0.5) is 0 Å². The van der Waals surface area contributed by atoms with Crippen LogP contribution in [0.25, 0.3) is 66.4 Å². The van der Waals surface area contributed by atoms with Crippen molar-refractivity contribution in [2.24, 2.45) is 11.8 Å². The lowest BCUT2D eigenvalue weighted by molar-refractivity contribution is 0.394. The highest BCUT2D eigenvalue weighted by molar-refractivity contribution is 6.11. The Kier molecular flexibility index (Phi) is 6.39. The summed E-state index contributed by atoms with van der Waals surface area (Å²) < 4.78 is 4.76. The number of benzene rings is 4. The summed E-state index contributed by atoms with van der Waals surface area (Å²) in [6, 6.07) is 36.1. The fourth-order valence-electron chi connectivity index (χ4n) is 11.2. The van der Waals surface area contributed by atoms with Gasteiger partial charge in [0.1, 0.15) is 5.82 Å². The third-order valence-electron chi connectivity index (χ3n) is 14.0. The molecule has 56 heavy (non-hydrogen) atoms. The van der Waals surface area contributed by atoms with Gasteiger partial charge in [-0.15, -0.1) is 0 Å². The SMILES string of the molecule is CC1(C)c2cc3c(cc2C2C=CC=CC21)c1ccccc1n3-c1ccc(-c2ccnc(-n3c4ccccc4c4cc5c(cc43)C(C)(C)C3C=CC=CC53)c2)nc1. The fourth-order valence-corrected chi connectivity index (χ4v) is 11.2. The third kappa shape index (κ3) is 4.19. The first kappa shape index (κ1) is 32.0. The van der Waals surface area contributed by atoms with Gasteiger partial charge in [0.15, 0.2) is 0 Å². The number of hydrogen-bond acceptors (Lipinski definition) is 2. The minimum atomic E-state index is 0.0252. The maximum Gasteiger partial charge on any atom is 0.138 e. The standard InChI is InChI=1S/C52H42N4/c1-51(2)41-17-9-5-13-33(41)37-26-39-35-15-7-11-19-46(35)55(48(39)28-43(37)51)32-21-22-45(54-30-32)31-23-24-53-50(25-31)56-47-20-12-8-16-36(47)40-27-38-34-14-6-10-18-42(34)52(3,4)44(38)29-49(40)56/h5-30,33-34,41-42H,1-4H3. The minimum absolute atomic E-state index is 0.0252. The van der Waals surface area contributed by atoms with Crippen molar-refractivity contribution in [2.75, 3.05) is 0 Å². The molecule has 4 unspecified atom stereocenters. The van der Waals surface area contributed by atoms with E-state index in [4.69, 9.17) is 9.97 Å². The summed E-state index contributed by atoms with van der Waals surface area (Å²) >= 11 is 0. The quantitative estimate of drug-likeness (QED) is 0.182. The molecule has 8 aromatic rings. The summed E-state index contributed by atoms with van der Waals surface area (Å²) in [4.78, 5) is 10.1. The van der Waals surface area contributed by atoms with Gasteiger partial charge in [-0.25, -0.2) is 4.98 Å². The lowest BCUT2D eigenvalue weighted by atomic mass is 9.74. The second-order valence-corrected chi connectivity index (χ2v) is 17.5. The van der Waals surface area contributed by atoms with Crippen LogP contribution in [0.5, 0.6) is 0 Å². The zero-order valence-corrected chi connectivity index (χ0v) is 32.1. The summed E-state index contributed by atoms with van der Waals surface area (Å²) in [7, 11) is 0. The Labute approximate surface area is 326 Å². The van der Waals surface area contributed by atoms with E-state index < -0.39 is 0 Å². The summed E-state index contributed by atoms with van der Waals surface area (Å²) in [5.41, 5.74) is 13.7. The highest BCUT2D eigenvalue weighted by Crippen LogP contribution is 2.56. The molecule has 0 N–H and O–H groups in total. The molecule has 4 heteroatoms. The number of para-hydroxylation sites is 2. The molecule has 4 aliphatic carbocycles. The van der Waals surface area contributed by atoms with Gasteiger partial charge in [-0.05, 0) is 106 Å². The van der Waals surface area contributed by atoms with Crippen LogP contribution in [-0.4, -0.2) is 19.1 Å². The van der Waals surface area contributed by atoms with E-state index in [-0.39, 0.29) is 10.8 Å². The van der Waals surface area contributed by atoms with Crippen molar-refractivity contribution in [2.45, 2.75) is 50.4 Å². The molecule has 4 nitrogen and oxygen atoms in total. The molecule has 270 valence electrons. The number of hydrogen-bond donors (Lipinski definition) is 0. The van der Waals surface area contributed by atoms with Gasteiger partial charge in [-0.2, -0.15) is 0 Å². The third-order valence-corrected chi connectivity index (χ3v) is 14.0. The van der Waals surface area contributed by atoms with Gasteiger partial charge in [0.25, 0.3) is 0 Å². The van der Waals surface area contributed by atoms with Crippen LogP contribution in [0.15, 0.2) is 158 Å². The van der Waals surface area contributed by atoms with Crippen molar-refractivity contribution < 1.29 is 0 Å². The van der Waals surface area contributed by atoms with Crippen LogP contribution >= 0.6 is 0 Å². The normalized spacial score (nSPS) is 22.3. The van der Waals surface area contributed by atoms with Crippen LogP contribution in [-0.2, 0) is 10.8 Å². The average molecular weight is 723 g/mol. The van der Waals surface area contributed by atoms with Crippen molar-refractivity contribution in [1.82, 2.24) is 19.1 Å². The molecule has 0 fully saturated rings. The lowest BCUT2D eigenvalue weighted by Crippen LogP contribution is -2.24. The number of rotatable bonds is 3. The van der Waals surface area contributed by atoms with Gasteiger partial charge in [0.05, 0.1) is 39.6 Å². The maximum atomic E-state index is 5.14. The van der Waals surface area contributed by atoms with Crippen LogP contribution in [0.1, 0.15) is 61.8 Å². The second-order valence-electron chi connectivity index (χ2n) is 17.5. The molecule has 0 saturated heterocycles. The zero-order chi connectivity index (χ0) is 37.5. The van der Waals surface area contributed by atoms with Crippen molar-refractivity contribution in [3.63, 3.8) is 0 Å². The Morgan fingerprint density at radius 3 is 1.64 bits per heavy atom. The summed E-state index contributed by atoms with van der Waals surface area (Å²) in [6.45, 7) is 9.62.